The van der Waals surface area contributed by atoms with E-state index < -0.39 is 17.3 Å². The molecule has 6 nitrogen and oxygen atoms in total. The van der Waals surface area contributed by atoms with Crippen LogP contribution in [0.2, 0.25) is 0 Å². The van der Waals surface area contributed by atoms with Crippen LogP contribution < -0.4 is 5.32 Å². The second-order valence-electron chi connectivity index (χ2n) is 4.36. The van der Waals surface area contributed by atoms with Crippen LogP contribution in [0.15, 0.2) is 6.20 Å². The van der Waals surface area contributed by atoms with Crippen molar-refractivity contribution in [1.82, 2.24) is 9.78 Å². The maximum atomic E-state index is 11.9. The summed E-state index contributed by atoms with van der Waals surface area (Å²) < 4.78 is 1.61. The van der Waals surface area contributed by atoms with Crippen LogP contribution in [0.25, 0.3) is 0 Å². The predicted octanol–water partition coefficient (Wildman–Crippen LogP) is 0.786. The smallest absolute Gasteiger partial charge is 0.319 e. The zero-order valence-corrected chi connectivity index (χ0v) is 9.86. The Hall–Kier alpha value is -1.85. The zero-order valence-electron chi connectivity index (χ0n) is 9.86. The van der Waals surface area contributed by atoms with E-state index in [1.807, 2.05) is 6.92 Å². The monoisotopic (exact) mass is 237 g/mol. The van der Waals surface area contributed by atoms with Gasteiger partial charge in [0.05, 0.1) is 11.4 Å². The van der Waals surface area contributed by atoms with E-state index in [0.717, 1.165) is 5.69 Å². The van der Waals surface area contributed by atoms with Gasteiger partial charge in [-0.15, -0.1) is 0 Å². The van der Waals surface area contributed by atoms with E-state index in [9.17, 15) is 9.59 Å². The van der Waals surface area contributed by atoms with E-state index in [4.69, 9.17) is 5.11 Å². The van der Waals surface area contributed by atoms with Crippen LogP contribution in [0.4, 0.5) is 5.69 Å². The molecule has 0 aromatic carbocycles. The van der Waals surface area contributed by atoms with E-state index in [-0.39, 0.29) is 0 Å². The average molecular weight is 237 g/mol. The van der Waals surface area contributed by atoms with Gasteiger partial charge in [-0.05, 0) is 19.3 Å². The number of hydrogen-bond donors (Lipinski definition) is 2. The Morgan fingerprint density at radius 3 is 2.71 bits per heavy atom. The van der Waals surface area contributed by atoms with Crippen molar-refractivity contribution in [1.29, 1.82) is 0 Å². The zero-order chi connectivity index (χ0) is 12.6. The van der Waals surface area contributed by atoms with Gasteiger partial charge in [-0.3, -0.25) is 14.3 Å². The normalized spacial score (nSPS) is 16.6. The van der Waals surface area contributed by atoms with Crippen LogP contribution in [0.1, 0.15) is 25.5 Å². The number of anilines is 1. The molecular weight excluding hydrogens is 222 g/mol. The number of nitrogens with one attached hydrogen (secondary N) is 1. The molecule has 0 atom stereocenters. The fraction of sp³-hybridized carbons (Fsp3) is 0.545. The number of aryl methyl sites for hydroxylation is 2. The molecule has 0 unspecified atom stereocenters. The summed E-state index contributed by atoms with van der Waals surface area (Å²) in [6.45, 7) is 1.93. The number of carboxylic acids is 1. The second kappa shape index (κ2) is 3.87. The molecule has 1 aliphatic rings. The van der Waals surface area contributed by atoms with E-state index in [1.54, 1.807) is 17.9 Å². The summed E-state index contributed by atoms with van der Waals surface area (Å²) in [6.07, 6.45) is 3.21. The Labute approximate surface area is 98.6 Å². The fourth-order valence-corrected chi connectivity index (χ4v) is 1.81. The van der Waals surface area contributed by atoms with Crippen molar-refractivity contribution >= 4 is 17.6 Å². The lowest BCUT2D eigenvalue weighted by Crippen LogP contribution is -2.31. The van der Waals surface area contributed by atoms with Gasteiger partial charge in [0.2, 0.25) is 5.91 Å². The van der Waals surface area contributed by atoms with Crippen LogP contribution in [-0.4, -0.2) is 26.8 Å². The van der Waals surface area contributed by atoms with Crippen LogP contribution in [0.3, 0.4) is 0 Å². The highest BCUT2D eigenvalue weighted by molar-refractivity contribution is 6.10. The molecule has 0 aliphatic heterocycles. The highest BCUT2D eigenvalue weighted by Crippen LogP contribution is 2.46. The molecular formula is C11H15N3O3. The van der Waals surface area contributed by atoms with Gasteiger partial charge in [-0.1, -0.05) is 6.92 Å². The third-order valence-electron chi connectivity index (χ3n) is 3.08. The minimum atomic E-state index is -1.21. The lowest BCUT2D eigenvalue weighted by Gasteiger charge is -2.09. The third kappa shape index (κ3) is 1.90. The highest BCUT2D eigenvalue weighted by atomic mass is 16.4. The molecule has 2 N–H and O–H groups in total. The van der Waals surface area contributed by atoms with Crippen molar-refractivity contribution in [3.05, 3.63) is 11.9 Å². The van der Waals surface area contributed by atoms with Gasteiger partial charge in [0.15, 0.2) is 0 Å². The standard InChI is InChI=1S/C11H15N3O3/c1-3-7-8(6-14(2)13-7)12-9(15)11(4-5-11)10(16)17/h6H,3-5H2,1-2H3,(H,12,15)(H,16,17). The van der Waals surface area contributed by atoms with Crippen LogP contribution >= 0.6 is 0 Å². The summed E-state index contributed by atoms with van der Waals surface area (Å²) in [5.74, 6) is -1.48. The van der Waals surface area contributed by atoms with Crippen LogP contribution in [0, 0.1) is 5.41 Å². The second-order valence-corrected chi connectivity index (χ2v) is 4.36. The first-order valence-electron chi connectivity index (χ1n) is 5.57. The molecule has 1 fully saturated rings. The largest absolute Gasteiger partial charge is 0.480 e. The molecule has 0 saturated heterocycles. The Kier molecular flexibility index (Phi) is 2.65. The molecule has 1 saturated carbocycles. The molecule has 0 radical (unpaired) electrons. The first-order valence-corrected chi connectivity index (χ1v) is 5.57. The van der Waals surface area contributed by atoms with E-state index in [1.165, 1.54) is 0 Å². The summed E-state index contributed by atoms with van der Waals surface area (Å²) in [5, 5.41) is 15.8. The molecule has 0 bridgehead atoms. The van der Waals surface area contributed by atoms with Gasteiger partial charge >= 0.3 is 5.97 Å². The van der Waals surface area contributed by atoms with E-state index >= 15 is 0 Å². The van der Waals surface area contributed by atoms with Gasteiger partial charge in [-0.2, -0.15) is 5.10 Å². The van der Waals surface area contributed by atoms with Gasteiger partial charge in [0.1, 0.15) is 5.41 Å². The first-order chi connectivity index (χ1) is 7.99. The molecule has 17 heavy (non-hydrogen) atoms. The quantitative estimate of drug-likeness (QED) is 0.758. The number of carbonyl (C=O) groups is 2. The number of hydrogen-bond acceptors (Lipinski definition) is 3. The summed E-state index contributed by atoms with van der Waals surface area (Å²) >= 11 is 0. The lowest BCUT2D eigenvalue weighted by molar-refractivity contribution is -0.147. The highest BCUT2D eigenvalue weighted by Gasteiger charge is 2.57. The Morgan fingerprint density at radius 2 is 2.24 bits per heavy atom. The van der Waals surface area contributed by atoms with Crippen molar-refractivity contribution in [3.8, 4) is 0 Å². The van der Waals surface area contributed by atoms with Gasteiger partial charge < -0.3 is 10.4 Å². The van der Waals surface area contributed by atoms with Gasteiger partial charge in [0, 0.05) is 13.2 Å². The summed E-state index contributed by atoms with van der Waals surface area (Å²) in [4.78, 5) is 22.9. The number of carbonyl (C=O) groups excluding carboxylic acids is 1. The first kappa shape index (κ1) is 11.6. The summed E-state index contributed by atoms with van der Waals surface area (Å²) in [7, 11) is 1.76. The predicted molar refractivity (Wildman–Crippen MR) is 60.5 cm³/mol. The fourth-order valence-electron chi connectivity index (χ4n) is 1.81. The maximum Gasteiger partial charge on any atom is 0.319 e. The van der Waals surface area contributed by atoms with Crippen molar-refractivity contribution in [2.45, 2.75) is 26.2 Å². The maximum absolute atomic E-state index is 11.9. The van der Waals surface area contributed by atoms with E-state index in [2.05, 4.69) is 10.4 Å². The van der Waals surface area contributed by atoms with Crippen molar-refractivity contribution < 1.29 is 14.7 Å². The summed E-state index contributed by atoms with van der Waals surface area (Å²) in [6, 6.07) is 0. The van der Waals surface area contributed by atoms with Crippen molar-refractivity contribution in [2.75, 3.05) is 5.32 Å². The van der Waals surface area contributed by atoms with Gasteiger partial charge in [-0.25, -0.2) is 0 Å². The summed E-state index contributed by atoms with van der Waals surface area (Å²) in [5.41, 5.74) is 0.162. The minimum absolute atomic E-state index is 0.413. The van der Waals surface area contributed by atoms with Gasteiger partial charge in [0.25, 0.3) is 0 Å². The SMILES string of the molecule is CCc1nn(C)cc1NC(=O)C1(C(=O)O)CC1. The Balaban J connectivity index is 2.16. The van der Waals surface area contributed by atoms with Crippen LogP contribution in [-0.2, 0) is 23.1 Å². The number of aliphatic carboxylic acids is 1. The third-order valence-corrected chi connectivity index (χ3v) is 3.08. The number of amides is 1. The molecule has 0 spiro atoms. The number of rotatable bonds is 4. The number of carboxylic acid groups (broad SMARTS) is 1. The van der Waals surface area contributed by atoms with Crippen molar-refractivity contribution in [3.63, 3.8) is 0 Å². The number of aromatic nitrogens is 2. The molecule has 1 heterocycles. The molecule has 92 valence electrons. The molecule has 1 amide bonds. The lowest BCUT2D eigenvalue weighted by atomic mass is 10.1. The molecule has 1 aromatic rings. The molecule has 6 heteroatoms. The Bertz CT molecular complexity index is 474. The van der Waals surface area contributed by atoms with Crippen molar-refractivity contribution in [2.24, 2.45) is 12.5 Å². The number of nitrogens with zero attached hydrogens (tertiary/aromatic N) is 2. The van der Waals surface area contributed by atoms with E-state index in [0.29, 0.717) is 24.9 Å². The van der Waals surface area contributed by atoms with Crippen LogP contribution in [0.5, 0.6) is 0 Å². The molecule has 1 aromatic heterocycles. The molecule has 1 aliphatic carbocycles. The Morgan fingerprint density at radius 1 is 1.59 bits per heavy atom. The molecule has 2 rings (SSSR count). The average Bonchev–Trinajstić information content (AvgIpc) is 3.00. The minimum Gasteiger partial charge on any atom is -0.480 e. The topological polar surface area (TPSA) is 84.2 Å².